The Balaban J connectivity index is 1.33. The van der Waals surface area contributed by atoms with Crippen molar-refractivity contribution in [2.75, 3.05) is 18.9 Å². The summed E-state index contributed by atoms with van der Waals surface area (Å²) in [5, 5.41) is 0. The van der Waals surface area contributed by atoms with E-state index in [2.05, 4.69) is 15.0 Å². The van der Waals surface area contributed by atoms with Crippen molar-refractivity contribution in [2.24, 2.45) is 0 Å². The fourth-order valence-corrected chi connectivity index (χ4v) is 2.79. The van der Waals surface area contributed by atoms with E-state index in [0.29, 0.717) is 35.5 Å². The quantitative estimate of drug-likeness (QED) is 0.552. The summed E-state index contributed by atoms with van der Waals surface area (Å²) in [7, 11) is 0. The van der Waals surface area contributed by atoms with E-state index in [4.69, 9.17) is 15.2 Å². The van der Waals surface area contributed by atoms with Crippen LogP contribution in [0.25, 0.3) is 17.2 Å². The van der Waals surface area contributed by atoms with Gasteiger partial charge in [-0.1, -0.05) is 18.2 Å². The van der Waals surface area contributed by atoms with Crippen LogP contribution in [-0.2, 0) is 16.1 Å². The molecule has 8 heteroatoms. The molecule has 0 aliphatic carbocycles. The lowest BCUT2D eigenvalue weighted by Crippen LogP contribution is -2.18. The highest BCUT2D eigenvalue weighted by atomic mass is 16.5. The third-order valence-electron chi connectivity index (χ3n) is 4.10. The number of rotatable bonds is 5. The number of carbonyl (C=O) groups excluding carboxylic acids is 1. The first-order valence-corrected chi connectivity index (χ1v) is 8.23. The number of aryl methyl sites for hydroxylation is 1. The van der Waals surface area contributed by atoms with E-state index < -0.39 is 0 Å². The van der Waals surface area contributed by atoms with Crippen LogP contribution in [0.5, 0.6) is 5.75 Å². The fourth-order valence-electron chi connectivity index (χ4n) is 2.79. The molecule has 0 saturated heterocycles. The number of anilines is 1. The van der Waals surface area contributed by atoms with Gasteiger partial charge in [-0.05, 0) is 18.6 Å². The number of nitrogen functional groups attached to an aromatic ring is 1. The monoisotopic (exact) mass is 351 g/mol. The van der Waals surface area contributed by atoms with Gasteiger partial charge in [-0.2, -0.15) is 0 Å². The molecule has 0 bridgehead atoms. The molecule has 2 N–H and O–H groups in total. The number of nitrogens with zero attached hydrogens (tertiary/aromatic N) is 4. The number of hydrogen-bond donors (Lipinski definition) is 1. The van der Waals surface area contributed by atoms with Gasteiger partial charge < -0.3 is 19.8 Å². The first kappa shape index (κ1) is 16.1. The smallest absolute Gasteiger partial charge is 0.337 e. The van der Waals surface area contributed by atoms with Crippen molar-refractivity contribution in [3.63, 3.8) is 0 Å². The minimum atomic E-state index is -0.360. The van der Waals surface area contributed by atoms with Gasteiger partial charge in [0.05, 0.1) is 18.5 Å². The maximum absolute atomic E-state index is 12.2. The Morgan fingerprint density at radius 2 is 2.15 bits per heavy atom. The molecule has 0 radical (unpaired) electrons. The summed E-state index contributed by atoms with van der Waals surface area (Å²) < 4.78 is 12.8. The van der Waals surface area contributed by atoms with Crippen LogP contribution in [0.1, 0.15) is 12.0 Å². The minimum Gasteiger partial charge on any atom is -0.488 e. The SMILES string of the molecule is Nc1ncnc2c1ncn2CCCOC(=O)C1=Cc2ccccc2OC1. The van der Waals surface area contributed by atoms with Gasteiger partial charge in [0, 0.05) is 12.1 Å². The number of hydrogen-bond acceptors (Lipinski definition) is 7. The molecule has 0 atom stereocenters. The predicted molar refractivity (Wildman–Crippen MR) is 95.2 cm³/mol. The third-order valence-corrected chi connectivity index (χ3v) is 4.10. The van der Waals surface area contributed by atoms with Crippen LogP contribution in [0.4, 0.5) is 5.82 Å². The zero-order chi connectivity index (χ0) is 17.9. The van der Waals surface area contributed by atoms with Crippen LogP contribution in [0, 0.1) is 0 Å². The van der Waals surface area contributed by atoms with Crippen LogP contribution in [-0.4, -0.2) is 38.7 Å². The van der Waals surface area contributed by atoms with E-state index in [1.807, 2.05) is 34.9 Å². The van der Waals surface area contributed by atoms with Crippen LogP contribution < -0.4 is 10.5 Å². The highest BCUT2D eigenvalue weighted by Gasteiger charge is 2.18. The van der Waals surface area contributed by atoms with Crippen molar-refractivity contribution in [3.05, 3.63) is 48.1 Å². The highest BCUT2D eigenvalue weighted by Crippen LogP contribution is 2.26. The summed E-state index contributed by atoms with van der Waals surface area (Å²) in [6, 6.07) is 7.58. The molecule has 132 valence electrons. The molecular weight excluding hydrogens is 334 g/mol. The predicted octanol–water partition coefficient (Wildman–Crippen LogP) is 1.82. The van der Waals surface area contributed by atoms with Gasteiger partial charge in [0.1, 0.15) is 24.2 Å². The molecule has 1 aliphatic heterocycles. The summed E-state index contributed by atoms with van der Waals surface area (Å²) in [6.07, 6.45) is 5.51. The third kappa shape index (κ3) is 3.08. The van der Waals surface area contributed by atoms with E-state index in [0.717, 1.165) is 11.3 Å². The Bertz CT molecular complexity index is 995. The second-order valence-corrected chi connectivity index (χ2v) is 5.85. The summed E-state index contributed by atoms with van der Waals surface area (Å²) >= 11 is 0. The van der Waals surface area contributed by atoms with Crippen LogP contribution in [0.3, 0.4) is 0 Å². The van der Waals surface area contributed by atoms with Gasteiger partial charge >= 0.3 is 5.97 Å². The topological polar surface area (TPSA) is 105 Å². The molecule has 3 heterocycles. The molecule has 0 saturated carbocycles. The molecule has 0 fully saturated rings. The molecule has 0 amide bonds. The van der Waals surface area contributed by atoms with Gasteiger partial charge in [-0.25, -0.2) is 19.7 Å². The molecule has 26 heavy (non-hydrogen) atoms. The number of carbonyl (C=O) groups is 1. The molecular formula is C18H17N5O3. The zero-order valence-electron chi connectivity index (χ0n) is 14.0. The molecule has 1 aliphatic rings. The summed E-state index contributed by atoms with van der Waals surface area (Å²) in [5.41, 5.74) is 8.41. The standard InChI is InChI=1S/C18H17N5O3/c19-16-15-17(21-10-20-16)23(11-22-15)6-3-7-25-18(24)13-8-12-4-1-2-5-14(12)26-9-13/h1-2,4-5,8,10-11H,3,6-7,9H2,(H2,19,20,21). The van der Waals surface area contributed by atoms with Gasteiger partial charge in [0.25, 0.3) is 0 Å². The number of fused-ring (bicyclic) bond motifs is 2. The second-order valence-electron chi connectivity index (χ2n) is 5.85. The molecule has 2 aromatic heterocycles. The van der Waals surface area contributed by atoms with E-state index in [-0.39, 0.29) is 19.2 Å². The number of benzene rings is 1. The zero-order valence-corrected chi connectivity index (χ0v) is 14.0. The highest BCUT2D eigenvalue weighted by molar-refractivity contribution is 5.95. The van der Waals surface area contributed by atoms with E-state index in [1.165, 1.54) is 6.33 Å². The number of esters is 1. The van der Waals surface area contributed by atoms with Crippen molar-refractivity contribution >= 4 is 29.0 Å². The van der Waals surface area contributed by atoms with Crippen molar-refractivity contribution in [3.8, 4) is 5.75 Å². The summed E-state index contributed by atoms with van der Waals surface area (Å²) in [6.45, 7) is 1.12. The minimum absolute atomic E-state index is 0.220. The lowest BCUT2D eigenvalue weighted by molar-refractivity contribution is -0.139. The molecule has 1 aromatic carbocycles. The second kappa shape index (κ2) is 6.83. The van der Waals surface area contributed by atoms with E-state index >= 15 is 0 Å². The summed E-state index contributed by atoms with van der Waals surface area (Å²) in [5.74, 6) is 0.767. The lowest BCUT2D eigenvalue weighted by atomic mass is 10.1. The Hall–Kier alpha value is -3.42. The van der Waals surface area contributed by atoms with Crippen LogP contribution in [0.15, 0.2) is 42.5 Å². The average molecular weight is 351 g/mol. The molecule has 4 rings (SSSR count). The van der Waals surface area contributed by atoms with Crippen molar-refractivity contribution < 1.29 is 14.3 Å². The first-order chi connectivity index (χ1) is 12.7. The van der Waals surface area contributed by atoms with Gasteiger partial charge in [-0.3, -0.25) is 0 Å². The number of ether oxygens (including phenoxy) is 2. The number of aromatic nitrogens is 4. The lowest BCUT2D eigenvalue weighted by Gasteiger charge is -2.17. The van der Waals surface area contributed by atoms with Gasteiger partial charge in [-0.15, -0.1) is 0 Å². The van der Waals surface area contributed by atoms with Gasteiger partial charge in [0.2, 0.25) is 0 Å². The Morgan fingerprint density at radius 1 is 1.27 bits per heavy atom. The van der Waals surface area contributed by atoms with Crippen molar-refractivity contribution in [2.45, 2.75) is 13.0 Å². The normalized spacial score (nSPS) is 13.0. The van der Waals surface area contributed by atoms with Crippen LogP contribution >= 0.6 is 0 Å². The maximum atomic E-state index is 12.2. The fraction of sp³-hybridized carbons (Fsp3) is 0.222. The number of nitrogens with two attached hydrogens (primary N) is 1. The molecule has 0 unspecified atom stereocenters. The van der Waals surface area contributed by atoms with Crippen LogP contribution in [0.2, 0.25) is 0 Å². The molecule has 0 spiro atoms. The number of imidazole rings is 1. The Morgan fingerprint density at radius 3 is 3.08 bits per heavy atom. The maximum Gasteiger partial charge on any atom is 0.337 e. The van der Waals surface area contributed by atoms with Crippen molar-refractivity contribution in [1.29, 1.82) is 0 Å². The average Bonchev–Trinajstić information content (AvgIpc) is 3.09. The summed E-state index contributed by atoms with van der Waals surface area (Å²) in [4.78, 5) is 24.5. The van der Waals surface area contributed by atoms with E-state index in [1.54, 1.807) is 6.33 Å². The Labute approximate surface area is 149 Å². The molecule has 3 aromatic rings. The molecule has 8 nitrogen and oxygen atoms in total. The largest absolute Gasteiger partial charge is 0.488 e. The first-order valence-electron chi connectivity index (χ1n) is 8.23. The number of para-hydroxylation sites is 1. The van der Waals surface area contributed by atoms with E-state index in [9.17, 15) is 4.79 Å². The van der Waals surface area contributed by atoms with Crippen molar-refractivity contribution in [1.82, 2.24) is 19.5 Å². The Kier molecular flexibility index (Phi) is 4.22. The van der Waals surface area contributed by atoms with Gasteiger partial charge in [0.15, 0.2) is 11.5 Å².